The number of hydrogen-bond acceptors (Lipinski definition) is 4. The molecule has 0 amide bonds. The highest BCUT2D eigenvalue weighted by Gasteiger charge is 2.24. The maximum Gasteiger partial charge on any atom is 0.161 e. The lowest BCUT2D eigenvalue weighted by Gasteiger charge is -2.32. The molecule has 0 saturated carbocycles. The van der Waals surface area contributed by atoms with E-state index in [-0.39, 0.29) is 5.92 Å². The van der Waals surface area contributed by atoms with Gasteiger partial charge >= 0.3 is 0 Å². The third kappa shape index (κ3) is 4.70. The van der Waals surface area contributed by atoms with Gasteiger partial charge in [-0.15, -0.1) is 0 Å². The molecule has 0 saturated heterocycles. The minimum atomic E-state index is 0.0982. The predicted molar refractivity (Wildman–Crippen MR) is 157 cm³/mol. The summed E-state index contributed by atoms with van der Waals surface area (Å²) < 4.78 is 12.3. The highest BCUT2D eigenvalue weighted by Crippen LogP contribution is 2.39. The van der Waals surface area contributed by atoms with Gasteiger partial charge in [-0.3, -0.25) is 0 Å². The van der Waals surface area contributed by atoms with Crippen LogP contribution in [0, 0.1) is 0 Å². The van der Waals surface area contributed by atoms with Gasteiger partial charge < -0.3 is 19.3 Å². The molecule has 192 valence electrons. The summed E-state index contributed by atoms with van der Waals surface area (Å²) in [5.74, 6) is 2.03. The van der Waals surface area contributed by atoms with Crippen molar-refractivity contribution in [1.82, 2.24) is 0 Å². The molecule has 2 aliphatic heterocycles. The number of rotatable bonds is 5. The van der Waals surface area contributed by atoms with Crippen molar-refractivity contribution < 1.29 is 9.47 Å². The molecule has 4 heteroatoms. The van der Waals surface area contributed by atoms with Gasteiger partial charge in [0.05, 0.1) is 0 Å². The summed E-state index contributed by atoms with van der Waals surface area (Å²) in [6.07, 6.45) is 0. The van der Waals surface area contributed by atoms with Gasteiger partial charge in [-0.25, -0.2) is 0 Å². The van der Waals surface area contributed by atoms with E-state index in [0.29, 0.717) is 13.5 Å². The Morgan fingerprint density at radius 1 is 0.462 bits per heavy atom. The van der Waals surface area contributed by atoms with Crippen LogP contribution in [0.25, 0.3) is 0 Å². The van der Waals surface area contributed by atoms with Crippen molar-refractivity contribution in [3.05, 3.63) is 155 Å². The third-order valence-corrected chi connectivity index (χ3v) is 7.69. The van der Waals surface area contributed by atoms with Crippen molar-refractivity contribution in [2.24, 2.45) is 0 Å². The van der Waals surface area contributed by atoms with Gasteiger partial charge in [-0.2, -0.15) is 0 Å². The Bertz CT molecular complexity index is 1470. The smallest absolute Gasteiger partial charge is 0.161 e. The van der Waals surface area contributed by atoms with Gasteiger partial charge in [0.2, 0.25) is 0 Å². The van der Waals surface area contributed by atoms with Crippen LogP contribution in [0.4, 0.5) is 11.4 Å². The summed E-state index contributed by atoms with van der Waals surface area (Å²) in [5, 5.41) is 0. The number of ether oxygens (including phenoxy) is 2. The number of nitrogens with zero attached hydrogens (tertiary/aromatic N) is 2. The molecule has 0 aliphatic carbocycles. The second-order valence-corrected chi connectivity index (χ2v) is 10.2. The van der Waals surface area contributed by atoms with Crippen molar-refractivity contribution in [3.63, 3.8) is 0 Å². The molecule has 5 aromatic rings. The van der Waals surface area contributed by atoms with E-state index in [9.17, 15) is 0 Å². The highest BCUT2D eigenvalue weighted by atomic mass is 16.5. The first kappa shape index (κ1) is 23.4. The quantitative estimate of drug-likeness (QED) is 0.228. The van der Waals surface area contributed by atoms with Crippen LogP contribution in [0.1, 0.15) is 33.7 Å². The molecular formula is C35H30N2O2. The Labute approximate surface area is 229 Å². The van der Waals surface area contributed by atoms with Gasteiger partial charge in [0, 0.05) is 41.5 Å². The van der Waals surface area contributed by atoms with Gasteiger partial charge in [0.25, 0.3) is 0 Å². The highest BCUT2D eigenvalue weighted by molar-refractivity contribution is 5.55. The fraction of sp³-hybridized carbons (Fsp3) is 0.143. The van der Waals surface area contributed by atoms with Crippen LogP contribution in [-0.4, -0.2) is 13.5 Å². The molecular weight excluding hydrogens is 480 g/mol. The summed E-state index contributed by atoms with van der Waals surface area (Å²) >= 11 is 0. The molecule has 2 aliphatic rings. The first-order valence-corrected chi connectivity index (χ1v) is 13.5. The van der Waals surface area contributed by atoms with Crippen molar-refractivity contribution >= 4 is 11.4 Å². The van der Waals surface area contributed by atoms with E-state index in [0.717, 1.165) is 24.6 Å². The molecule has 0 radical (unpaired) electrons. The Morgan fingerprint density at radius 2 is 0.897 bits per heavy atom. The van der Waals surface area contributed by atoms with Crippen LogP contribution in [0.15, 0.2) is 127 Å². The number of hydrogen-bond donors (Lipinski definition) is 0. The molecule has 0 spiro atoms. The SMILES string of the molecule is c1ccc(C(c2ccc3c(c2)CN(c2ccccc2)CO3)c2ccc3c(c2)CN(c2ccccc2)CO3)cc1. The lowest BCUT2D eigenvalue weighted by molar-refractivity contribution is 0.289. The number of fused-ring (bicyclic) bond motifs is 2. The number of anilines is 2. The Balaban J connectivity index is 1.25. The van der Waals surface area contributed by atoms with Crippen LogP contribution in [0.5, 0.6) is 11.5 Å². The van der Waals surface area contributed by atoms with Crippen LogP contribution < -0.4 is 19.3 Å². The zero-order valence-electron chi connectivity index (χ0n) is 21.7. The van der Waals surface area contributed by atoms with Crippen LogP contribution >= 0.6 is 0 Å². The minimum absolute atomic E-state index is 0.0982. The molecule has 0 N–H and O–H groups in total. The Kier molecular flexibility index (Phi) is 6.14. The topological polar surface area (TPSA) is 24.9 Å². The first-order chi connectivity index (χ1) is 19.3. The molecule has 0 bridgehead atoms. The monoisotopic (exact) mass is 510 g/mol. The summed E-state index contributed by atoms with van der Waals surface area (Å²) in [7, 11) is 0. The first-order valence-electron chi connectivity index (χ1n) is 13.5. The van der Waals surface area contributed by atoms with E-state index >= 15 is 0 Å². The van der Waals surface area contributed by atoms with Crippen molar-refractivity contribution in [2.45, 2.75) is 19.0 Å². The van der Waals surface area contributed by atoms with Crippen LogP contribution in [0.2, 0.25) is 0 Å². The normalized spacial score (nSPS) is 14.3. The average molecular weight is 511 g/mol. The number of para-hydroxylation sites is 2. The molecule has 0 atom stereocenters. The van der Waals surface area contributed by atoms with Gasteiger partial charge in [-0.1, -0.05) is 78.9 Å². The lowest BCUT2D eigenvalue weighted by Crippen LogP contribution is -2.32. The lowest BCUT2D eigenvalue weighted by atomic mass is 9.83. The third-order valence-electron chi connectivity index (χ3n) is 7.69. The molecule has 7 rings (SSSR count). The van der Waals surface area contributed by atoms with E-state index < -0.39 is 0 Å². The Hall–Kier alpha value is -4.70. The predicted octanol–water partition coefficient (Wildman–Crippen LogP) is 7.58. The Morgan fingerprint density at radius 3 is 1.36 bits per heavy atom. The van der Waals surface area contributed by atoms with Crippen molar-refractivity contribution in [1.29, 1.82) is 0 Å². The number of benzene rings is 5. The molecule has 0 aromatic heterocycles. The maximum absolute atomic E-state index is 6.17. The second-order valence-electron chi connectivity index (χ2n) is 10.2. The maximum atomic E-state index is 6.17. The summed E-state index contributed by atoms with van der Waals surface area (Å²) in [6, 6.07) is 45.1. The van der Waals surface area contributed by atoms with Gasteiger partial charge in [0.15, 0.2) is 13.5 Å². The van der Waals surface area contributed by atoms with E-state index in [1.807, 2.05) is 12.1 Å². The van der Waals surface area contributed by atoms with E-state index in [1.54, 1.807) is 0 Å². The van der Waals surface area contributed by atoms with Crippen LogP contribution in [-0.2, 0) is 13.1 Å². The van der Waals surface area contributed by atoms with Crippen molar-refractivity contribution in [2.75, 3.05) is 23.3 Å². The van der Waals surface area contributed by atoms with Crippen molar-refractivity contribution in [3.8, 4) is 11.5 Å². The fourth-order valence-electron chi connectivity index (χ4n) is 5.72. The summed E-state index contributed by atoms with van der Waals surface area (Å²) in [4.78, 5) is 4.55. The zero-order chi connectivity index (χ0) is 26.0. The van der Waals surface area contributed by atoms with E-state index in [1.165, 1.54) is 39.2 Å². The molecule has 4 nitrogen and oxygen atoms in total. The van der Waals surface area contributed by atoms with Gasteiger partial charge in [-0.05, 0) is 65.2 Å². The largest absolute Gasteiger partial charge is 0.473 e. The molecule has 0 fully saturated rings. The molecule has 2 heterocycles. The summed E-state index contributed by atoms with van der Waals surface area (Å²) in [6.45, 7) is 2.75. The van der Waals surface area contributed by atoms with Crippen LogP contribution in [0.3, 0.4) is 0 Å². The van der Waals surface area contributed by atoms with E-state index in [2.05, 4.69) is 125 Å². The van der Waals surface area contributed by atoms with E-state index in [4.69, 9.17) is 9.47 Å². The second kappa shape index (κ2) is 10.2. The molecule has 5 aromatic carbocycles. The fourth-order valence-corrected chi connectivity index (χ4v) is 5.72. The standard InChI is InChI=1S/C35H30N2O2/c1-4-10-26(11-5-1)35(27-16-18-33-29(20-27)22-36(24-38-33)31-12-6-2-7-13-31)28-17-19-34-30(21-28)23-37(25-39-34)32-14-8-3-9-15-32/h1-21,35H,22-25H2. The summed E-state index contributed by atoms with van der Waals surface area (Å²) in [5.41, 5.74) is 8.55. The molecule has 39 heavy (non-hydrogen) atoms. The molecule has 0 unspecified atom stereocenters. The average Bonchev–Trinajstić information content (AvgIpc) is 3.02. The van der Waals surface area contributed by atoms with Gasteiger partial charge in [0.1, 0.15) is 11.5 Å². The minimum Gasteiger partial charge on any atom is -0.473 e. The zero-order valence-corrected chi connectivity index (χ0v) is 21.7.